The van der Waals surface area contributed by atoms with E-state index in [-0.39, 0.29) is 5.76 Å². The Morgan fingerprint density at radius 1 is 1.59 bits per heavy atom. The van der Waals surface area contributed by atoms with Gasteiger partial charge in [-0.2, -0.15) is 0 Å². The fourth-order valence-corrected chi connectivity index (χ4v) is 1.84. The van der Waals surface area contributed by atoms with Crippen molar-refractivity contribution < 1.29 is 23.8 Å². The van der Waals surface area contributed by atoms with Gasteiger partial charge in [0.2, 0.25) is 6.23 Å². The van der Waals surface area contributed by atoms with Crippen LogP contribution in [-0.4, -0.2) is 33.3 Å². The fourth-order valence-electron chi connectivity index (χ4n) is 1.37. The highest BCUT2D eigenvalue weighted by atomic mass is 32.5. The van der Waals surface area contributed by atoms with Gasteiger partial charge in [0.1, 0.15) is 12.0 Å². The standard InChI is InChI=1S/C11H17N2O7PS/c1-3-8(7-19-21(17,22)18-2)20-10(6-14)13-5-4-9(15)12-11(13)16/h4-5,7,10,14H,3,6H2,1-2H3,(H,17,22)(H,12,15,16)/b8-7+/t10-,21?/m1/s1. The number of hydrogen-bond donors (Lipinski definition) is 3. The Morgan fingerprint density at radius 3 is 2.77 bits per heavy atom. The number of nitrogens with zero attached hydrogens (tertiary/aromatic N) is 1. The summed E-state index contributed by atoms with van der Waals surface area (Å²) in [5, 5.41) is 9.36. The largest absolute Gasteiger partial charge is 0.469 e. The quantitative estimate of drug-likeness (QED) is 0.447. The summed E-state index contributed by atoms with van der Waals surface area (Å²) in [7, 11) is 1.21. The number of aliphatic hydroxyl groups is 1. The van der Waals surface area contributed by atoms with Crippen LogP contribution in [0.4, 0.5) is 0 Å². The molecule has 0 aliphatic rings. The Bertz CT molecular complexity index is 684. The van der Waals surface area contributed by atoms with Crippen LogP contribution in [0, 0.1) is 0 Å². The first-order chi connectivity index (χ1) is 10.3. The van der Waals surface area contributed by atoms with E-state index in [1.807, 2.05) is 4.98 Å². The van der Waals surface area contributed by atoms with Gasteiger partial charge in [0.15, 0.2) is 0 Å². The average Bonchev–Trinajstić information content (AvgIpc) is 2.48. The van der Waals surface area contributed by atoms with E-state index in [4.69, 9.17) is 9.26 Å². The lowest BCUT2D eigenvalue weighted by Crippen LogP contribution is -2.33. The van der Waals surface area contributed by atoms with Crippen LogP contribution in [0.5, 0.6) is 0 Å². The minimum Gasteiger partial charge on any atom is -0.469 e. The SMILES string of the molecule is CC/C(=C\OP(O)(=S)OC)O[C@H](CO)n1ccc(=O)[nH]c1=O. The number of hydrogen-bond acceptors (Lipinski definition) is 7. The lowest BCUT2D eigenvalue weighted by atomic mass is 10.4. The Morgan fingerprint density at radius 2 is 2.27 bits per heavy atom. The molecule has 0 radical (unpaired) electrons. The summed E-state index contributed by atoms with van der Waals surface area (Å²) in [6.45, 7) is -2.18. The monoisotopic (exact) mass is 352 g/mol. The van der Waals surface area contributed by atoms with Crippen molar-refractivity contribution in [2.45, 2.75) is 19.6 Å². The number of aliphatic hydroxyl groups excluding tert-OH is 1. The Balaban J connectivity index is 2.96. The lowest BCUT2D eigenvalue weighted by molar-refractivity contribution is -0.00202. The molecule has 3 N–H and O–H groups in total. The molecule has 0 fully saturated rings. The third-order valence-electron chi connectivity index (χ3n) is 2.50. The number of H-pyrrole nitrogens is 1. The molecule has 11 heteroatoms. The molecular weight excluding hydrogens is 335 g/mol. The lowest BCUT2D eigenvalue weighted by Gasteiger charge is -2.20. The first-order valence-corrected chi connectivity index (χ1v) is 8.77. The minimum absolute atomic E-state index is 0.220. The Hall–Kier alpha value is -1.45. The van der Waals surface area contributed by atoms with Crippen molar-refractivity contribution in [2.75, 3.05) is 13.7 Å². The van der Waals surface area contributed by atoms with E-state index in [2.05, 4.69) is 16.3 Å². The van der Waals surface area contributed by atoms with Gasteiger partial charge in [-0.05, 0) is 0 Å². The highest BCUT2D eigenvalue weighted by molar-refractivity contribution is 8.07. The first-order valence-electron chi connectivity index (χ1n) is 6.18. The Kier molecular flexibility index (Phi) is 6.98. The van der Waals surface area contributed by atoms with Crippen LogP contribution in [0.2, 0.25) is 0 Å². The maximum absolute atomic E-state index is 11.7. The first kappa shape index (κ1) is 18.6. The fraction of sp³-hybridized carbons (Fsp3) is 0.455. The van der Waals surface area contributed by atoms with Crippen molar-refractivity contribution in [3.05, 3.63) is 45.1 Å². The van der Waals surface area contributed by atoms with E-state index in [0.29, 0.717) is 6.42 Å². The molecule has 2 atom stereocenters. The van der Waals surface area contributed by atoms with E-state index < -0.39 is 30.8 Å². The summed E-state index contributed by atoms with van der Waals surface area (Å²) in [6, 6.07) is 1.12. The molecule has 0 aliphatic heterocycles. The molecule has 1 unspecified atom stereocenters. The zero-order valence-electron chi connectivity index (χ0n) is 12.0. The second-order valence-electron chi connectivity index (χ2n) is 3.97. The van der Waals surface area contributed by atoms with Crippen LogP contribution in [0.15, 0.2) is 33.9 Å². The second kappa shape index (κ2) is 8.25. The number of aromatic nitrogens is 2. The summed E-state index contributed by atoms with van der Waals surface area (Å²) in [4.78, 5) is 34.2. The molecule has 0 spiro atoms. The van der Waals surface area contributed by atoms with Gasteiger partial charge in [0, 0.05) is 37.6 Å². The third kappa shape index (κ3) is 5.39. The number of allylic oxidation sites excluding steroid dienone is 1. The molecule has 1 aromatic rings. The smallest absolute Gasteiger partial charge is 0.377 e. The maximum Gasteiger partial charge on any atom is 0.377 e. The topological polar surface area (TPSA) is 123 Å². The predicted octanol–water partition coefficient (Wildman–Crippen LogP) is 0.175. The van der Waals surface area contributed by atoms with E-state index in [1.165, 1.54) is 13.3 Å². The molecule has 0 saturated carbocycles. The van der Waals surface area contributed by atoms with Gasteiger partial charge < -0.3 is 23.8 Å². The van der Waals surface area contributed by atoms with Gasteiger partial charge >= 0.3 is 12.4 Å². The minimum atomic E-state index is -3.38. The van der Waals surface area contributed by atoms with Gasteiger partial charge in [-0.15, -0.1) is 0 Å². The average molecular weight is 352 g/mol. The van der Waals surface area contributed by atoms with E-state index in [9.17, 15) is 19.6 Å². The van der Waals surface area contributed by atoms with Crippen LogP contribution in [-0.2, 0) is 25.6 Å². The molecule has 1 heterocycles. The van der Waals surface area contributed by atoms with Crippen molar-refractivity contribution in [2.24, 2.45) is 0 Å². The molecule has 22 heavy (non-hydrogen) atoms. The summed E-state index contributed by atoms with van der Waals surface area (Å²) < 4.78 is 15.9. The number of nitrogens with one attached hydrogen (secondary N) is 1. The van der Waals surface area contributed by atoms with Crippen molar-refractivity contribution >= 4 is 18.5 Å². The molecule has 1 aromatic heterocycles. The normalized spacial score (nSPS) is 15.9. The van der Waals surface area contributed by atoms with Crippen LogP contribution in [0.1, 0.15) is 19.6 Å². The van der Waals surface area contributed by atoms with Crippen LogP contribution >= 0.6 is 6.72 Å². The van der Waals surface area contributed by atoms with Gasteiger partial charge in [0.05, 0.1) is 6.61 Å². The number of rotatable bonds is 8. The van der Waals surface area contributed by atoms with Crippen LogP contribution in [0.3, 0.4) is 0 Å². The van der Waals surface area contributed by atoms with Crippen molar-refractivity contribution in [3.8, 4) is 0 Å². The van der Waals surface area contributed by atoms with E-state index >= 15 is 0 Å². The summed E-state index contributed by atoms with van der Waals surface area (Å²) in [5.41, 5.74) is -1.29. The molecule has 1 rings (SSSR count). The van der Waals surface area contributed by atoms with Crippen molar-refractivity contribution in [3.63, 3.8) is 0 Å². The summed E-state index contributed by atoms with van der Waals surface area (Å²) >= 11 is 4.66. The second-order valence-corrected chi connectivity index (χ2v) is 6.86. The molecule has 0 amide bonds. The van der Waals surface area contributed by atoms with Crippen molar-refractivity contribution in [1.29, 1.82) is 0 Å². The van der Waals surface area contributed by atoms with Gasteiger partial charge in [-0.1, -0.05) is 6.92 Å². The molecule has 0 saturated heterocycles. The third-order valence-corrected chi connectivity index (χ3v) is 4.04. The molecule has 124 valence electrons. The van der Waals surface area contributed by atoms with Crippen LogP contribution in [0.25, 0.3) is 0 Å². The molecule has 9 nitrogen and oxygen atoms in total. The van der Waals surface area contributed by atoms with E-state index in [1.54, 1.807) is 6.92 Å². The van der Waals surface area contributed by atoms with Gasteiger partial charge in [-0.25, -0.2) is 4.79 Å². The predicted molar refractivity (Wildman–Crippen MR) is 81.5 cm³/mol. The van der Waals surface area contributed by atoms with E-state index in [0.717, 1.165) is 16.9 Å². The highest BCUT2D eigenvalue weighted by Crippen LogP contribution is 2.43. The highest BCUT2D eigenvalue weighted by Gasteiger charge is 2.16. The zero-order chi connectivity index (χ0) is 16.8. The maximum atomic E-state index is 11.7. The number of ether oxygens (including phenoxy) is 1. The van der Waals surface area contributed by atoms with Crippen molar-refractivity contribution in [1.82, 2.24) is 9.55 Å². The molecule has 0 aromatic carbocycles. The van der Waals surface area contributed by atoms with Crippen LogP contribution < -0.4 is 11.2 Å². The Labute approximate surface area is 131 Å². The summed E-state index contributed by atoms with van der Waals surface area (Å²) in [6.07, 6.45) is 1.54. The number of aromatic amines is 1. The van der Waals surface area contributed by atoms with Gasteiger partial charge in [0.25, 0.3) is 5.56 Å². The summed E-state index contributed by atoms with van der Waals surface area (Å²) in [5.74, 6) is 0.220. The molecular formula is C11H17N2O7PS. The van der Waals surface area contributed by atoms with Gasteiger partial charge in [-0.3, -0.25) is 14.3 Å². The molecule has 0 bridgehead atoms. The molecule has 0 aliphatic carbocycles. The zero-order valence-corrected chi connectivity index (χ0v) is 13.7.